The van der Waals surface area contributed by atoms with Crippen molar-refractivity contribution in [3.63, 3.8) is 0 Å². The number of amides is 1. The van der Waals surface area contributed by atoms with E-state index < -0.39 is 6.04 Å². The Hall–Kier alpha value is -2.17. The molecule has 1 amide bonds. The third-order valence-corrected chi connectivity index (χ3v) is 3.28. The number of fused-ring (bicyclic) bond motifs is 1. The molecule has 0 spiro atoms. The minimum absolute atomic E-state index is 0.181. The molecule has 4 nitrogen and oxygen atoms in total. The second-order valence-electron chi connectivity index (χ2n) is 4.78. The van der Waals surface area contributed by atoms with Crippen LogP contribution in [0.1, 0.15) is 32.4 Å². The number of rotatable bonds is 4. The first-order valence-corrected chi connectivity index (χ1v) is 6.50. The number of aromatic nitrogens is 1. The lowest BCUT2D eigenvalue weighted by molar-refractivity contribution is -0.125. The van der Waals surface area contributed by atoms with Crippen LogP contribution in [0.15, 0.2) is 24.4 Å². The van der Waals surface area contributed by atoms with E-state index in [0.29, 0.717) is 17.5 Å². The molecule has 20 heavy (non-hydrogen) atoms. The summed E-state index contributed by atoms with van der Waals surface area (Å²) < 4.78 is 15.4. The summed E-state index contributed by atoms with van der Waals surface area (Å²) in [6.07, 6.45) is 1.80. The average Bonchev–Trinajstić information content (AvgIpc) is 2.73. The number of hydrogen-bond donors (Lipinski definition) is 1. The Labute approximate surface area is 116 Å². The van der Waals surface area contributed by atoms with Gasteiger partial charge in [-0.2, -0.15) is 0 Å². The fourth-order valence-electron chi connectivity index (χ4n) is 2.39. The van der Waals surface area contributed by atoms with E-state index in [1.807, 2.05) is 11.5 Å². The molecule has 1 unspecified atom stereocenters. The minimum atomic E-state index is -0.746. The van der Waals surface area contributed by atoms with Crippen LogP contribution in [-0.2, 0) is 16.1 Å². The van der Waals surface area contributed by atoms with Gasteiger partial charge in [0, 0.05) is 36.1 Å². The summed E-state index contributed by atoms with van der Waals surface area (Å²) >= 11 is 0. The first-order valence-electron chi connectivity index (χ1n) is 6.50. The second kappa shape index (κ2) is 5.45. The lowest BCUT2D eigenvalue weighted by atomic mass is 10.0. The van der Waals surface area contributed by atoms with Gasteiger partial charge in [0.1, 0.15) is 11.9 Å². The van der Waals surface area contributed by atoms with E-state index >= 15 is 0 Å². The topological polar surface area (TPSA) is 51.1 Å². The Morgan fingerprint density at radius 3 is 2.60 bits per heavy atom. The number of ketones is 1. The third-order valence-electron chi connectivity index (χ3n) is 3.28. The van der Waals surface area contributed by atoms with Crippen LogP contribution in [0, 0.1) is 5.82 Å². The predicted molar refractivity (Wildman–Crippen MR) is 74.8 cm³/mol. The van der Waals surface area contributed by atoms with Gasteiger partial charge >= 0.3 is 0 Å². The van der Waals surface area contributed by atoms with Crippen LogP contribution in [0.4, 0.5) is 4.39 Å². The summed E-state index contributed by atoms with van der Waals surface area (Å²) in [5.74, 6) is -0.837. The van der Waals surface area contributed by atoms with E-state index in [-0.39, 0.29) is 17.5 Å². The number of nitrogens with zero attached hydrogens (tertiary/aromatic N) is 1. The van der Waals surface area contributed by atoms with Gasteiger partial charge in [0.25, 0.3) is 0 Å². The zero-order valence-corrected chi connectivity index (χ0v) is 11.7. The van der Waals surface area contributed by atoms with Crippen molar-refractivity contribution in [2.45, 2.75) is 33.4 Å². The van der Waals surface area contributed by atoms with Crippen LogP contribution in [0.2, 0.25) is 0 Å². The van der Waals surface area contributed by atoms with E-state index in [0.717, 1.165) is 5.52 Å². The van der Waals surface area contributed by atoms with Crippen molar-refractivity contribution < 1.29 is 14.0 Å². The monoisotopic (exact) mass is 276 g/mol. The smallest absolute Gasteiger partial charge is 0.217 e. The Morgan fingerprint density at radius 2 is 2.05 bits per heavy atom. The third kappa shape index (κ3) is 2.57. The highest BCUT2D eigenvalue weighted by Crippen LogP contribution is 2.28. The van der Waals surface area contributed by atoms with Crippen molar-refractivity contribution in [1.29, 1.82) is 0 Å². The summed E-state index contributed by atoms with van der Waals surface area (Å²) in [5, 5.41) is 3.27. The highest BCUT2D eigenvalue weighted by Gasteiger charge is 2.22. The molecule has 0 bridgehead atoms. The molecule has 0 aliphatic rings. The van der Waals surface area contributed by atoms with Crippen molar-refractivity contribution in [2.24, 2.45) is 0 Å². The van der Waals surface area contributed by atoms with Gasteiger partial charge in [-0.25, -0.2) is 4.39 Å². The molecule has 1 heterocycles. The van der Waals surface area contributed by atoms with E-state index in [1.54, 1.807) is 12.3 Å². The van der Waals surface area contributed by atoms with Gasteiger partial charge in [-0.15, -0.1) is 0 Å². The summed E-state index contributed by atoms with van der Waals surface area (Å²) in [6, 6.07) is 3.72. The molecule has 0 aliphatic heterocycles. The van der Waals surface area contributed by atoms with Crippen LogP contribution < -0.4 is 5.32 Å². The molecule has 106 valence electrons. The molecule has 1 atom stereocenters. The fraction of sp³-hybridized carbons (Fsp3) is 0.333. The lowest BCUT2D eigenvalue weighted by Crippen LogP contribution is -2.30. The van der Waals surface area contributed by atoms with Crippen molar-refractivity contribution in [3.05, 3.63) is 35.8 Å². The summed E-state index contributed by atoms with van der Waals surface area (Å²) in [4.78, 5) is 23.1. The van der Waals surface area contributed by atoms with E-state index in [9.17, 15) is 14.0 Å². The summed E-state index contributed by atoms with van der Waals surface area (Å²) in [6.45, 7) is 5.44. The molecule has 1 N–H and O–H groups in total. The summed E-state index contributed by atoms with van der Waals surface area (Å²) in [7, 11) is 0. The molecular weight excluding hydrogens is 259 g/mol. The highest BCUT2D eigenvalue weighted by atomic mass is 19.1. The van der Waals surface area contributed by atoms with Gasteiger partial charge < -0.3 is 9.88 Å². The summed E-state index contributed by atoms with van der Waals surface area (Å²) in [5.41, 5.74) is 1.48. The molecule has 2 aromatic rings. The molecule has 2 rings (SSSR count). The number of Topliss-reactive ketones (excluding diaryl/α,β-unsaturated/α-hetero) is 1. The molecule has 1 aromatic carbocycles. The predicted octanol–water partition coefficient (Wildman–Crippen LogP) is 2.57. The van der Waals surface area contributed by atoms with Crippen molar-refractivity contribution in [3.8, 4) is 0 Å². The van der Waals surface area contributed by atoms with Crippen LogP contribution >= 0.6 is 0 Å². The Bertz CT molecular complexity index is 676. The Morgan fingerprint density at radius 1 is 1.35 bits per heavy atom. The normalized spacial score (nSPS) is 12.4. The molecule has 0 radical (unpaired) electrons. The van der Waals surface area contributed by atoms with Crippen molar-refractivity contribution >= 4 is 22.6 Å². The number of nitrogens with one attached hydrogen (secondary N) is 1. The number of carbonyl (C=O) groups excluding carboxylic acids is 2. The highest BCUT2D eigenvalue weighted by molar-refractivity contribution is 5.94. The lowest BCUT2D eigenvalue weighted by Gasteiger charge is -2.14. The molecule has 1 aromatic heterocycles. The maximum atomic E-state index is 13.5. The Kier molecular flexibility index (Phi) is 3.88. The van der Waals surface area contributed by atoms with E-state index in [4.69, 9.17) is 0 Å². The Balaban J connectivity index is 2.64. The molecule has 0 saturated carbocycles. The van der Waals surface area contributed by atoms with E-state index in [2.05, 4.69) is 5.32 Å². The van der Waals surface area contributed by atoms with Gasteiger partial charge in [-0.3, -0.25) is 9.59 Å². The fourth-order valence-corrected chi connectivity index (χ4v) is 2.39. The largest absolute Gasteiger partial charge is 0.347 e. The molecule has 0 aliphatic carbocycles. The van der Waals surface area contributed by atoms with Gasteiger partial charge in [0.05, 0.1) is 0 Å². The zero-order valence-electron chi connectivity index (χ0n) is 11.7. The maximum Gasteiger partial charge on any atom is 0.217 e. The van der Waals surface area contributed by atoms with Crippen molar-refractivity contribution in [1.82, 2.24) is 9.88 Å². The second-order valence-corrected chi connectivity index (χ2v) is 4.78. The molecule has 5 heteroatoms. The van der Waals surface area contributed by atoms with Crippen LogP contribution in [0.3, 0.4) is 0 Å². The van der Waals surface area contributed by atoms with Crippen LogP contribution in [-0.4, -0.2) is 16.3 Å². The number of halogens is 1. The zero-order chi connectivity index (χ0) is 14.9. The number of aryl methyl sites for hydroxylation is 1. The molecule has 0 fully saturated rings. The van der Waals surface area contributed by atoms with E-state index in [1.165, 1.54) is 26.0 Å². The van der Waals surface area contributed by atoms with Gasteiger partial charge in [-0.05, 0) is 32.0 Å². The quantitative estimate of drug-likeness (QED) is 0.933. The van der Waals surface area contributed by atoms with Gasteiger partial charge in [0.2, 0.25) is 5.91 Å². The van der Waals surface area contributed by atoms with Crippen LogP contribution in [0.25, 0.3) is 10.9 Å². The SMILES string of the molecule is CCn1cc(C(NC(C)=O)C(C)=O)c2cc(F)ccc21. The van der Waals surface area contributed by atoms with Crippen LogP contribution in [0.5, 0.6) is 0 Å². The molecule has 0 saturated heterocycles. The first-order chi connectivity index (χ1) is 9.43. The maximum absolute atomic E-state index is 13.5. The number of hydrogen-bond acceptors (Lipinski definition) is 2. The standard InChI is InChI=1S/C15H17FN2O2/c1-4-18-8-13(15(9(2)19)17-10(3)20)12-7-11(16)5-6-14(12)18/h5-8,15H,4H2,1-3H3,(H,17,20). The molecular formula is C15H17FN2O2. The van der Waals surface area contributed by atoms with Crippen molar-refractivity contribution in [2.75, 3.05) is 0 Å². The minimum Gasteiger partial charge on any atom is -0.347 e. The average molecular weight is 276 g/mol. The van der Waals surface area contributed by atoms with Gasteiger partial charge in [-0.1, -0.05) is 0 Å². The van der Waals surface area contributed by atoms with Gasteiger partial charge in [0.15, 0.2) is 5.78 Å². The number of carbonyl (C=O) groups is 2. The number of benzene rings is 1. The first kappa shape index (κ1) is 14.2.